The lowest BCUT2D eigenvalue weighted by Gasteiger charge is -2.06. The van der Waals surface area contributed by atoms with Crippen molar-refractivity contribution in [3.63, 3.8) is 0 Å². The molecule has 1 rings (SSSR count). The first-order valence-electron chi connectivity index (χ1n) is 3.77. The quantitative estimate of drug-likeness (QED) is 0.410. The molecule has 1 aromatic carbocycles. The SMILES string of the molecule is CC(N=C=O)c1cc(F)c(F)cc1F. The summed E-state index contributed by atoms with van der Waals surface area (Å²) in [6.45, 7) is 1.38. The molecule has 0 N–H and O–H groups in total. The van der Waals surface area contributed by atoms with E-state index in [1.165, 1.54) is 13.0 Å². The fraction of sp³-hybridized carbons (Fsp3) is 0.222. The van der Waals surface area contributed by atoms with Crippen LogP contribution in [0.1, 0.15) is 18.5 Å². The van der Waals surface area contributed by atoms with Crippen molar-refractivity contribution in [1.82, 2.24) is 0 Å². The Kier molecular flexibility index (Phi) is 3.04. The van der Waals surface area contributed by atoms with E-state index in [4.69, 9.17) is 0 Å². The van der Waals surface area contributed by atoms with Gasteiger partial charge in [-0.05, 0) is 13.0 Å². The first-order valence-corrected chi connectivity index (χ1v) is 3.77. The molecule has 0 aliphatic heterocycles. The van der Waals surface area contributed by atoms with Crippen molar-refractivity contribution in [3.8, 4) is 0 Å². The Morgan fingerprint density at radius 3 is 2.36 bits per heavy atom. The topological polar surface area (TPSA) is 29.4 Å². The van der Waals surface area contributed by atoms with Crippen LogP contribution in [0.4, 0.5) is 13.2 Å². The maximum atomic E-state index is 13.0. The van der Waals surface area contributed by atoms with Gasteiger partial charge in [0, 0.05) is 11.6 Å². The van der Waals surface area contributed by atoms with Crippen LogP contribution in [0.25, 0.3) is 0 Å². The molecule has 0 saturated carbocycles. The van der Waals surface area contributed by atoms with E-state index in [1.54, 1.807) is 0 Å². The van der Waals surface area contributed by atoms with Crippen molar-refractivity contribution in [3.05, 3.63) is 35.1 Å². The second kappa shape index (κ2) is 4.07. The van der Waals surface area contributed by atoms with Gasteiger partial charge in [-0.25, -0.2) is 18.0 Å². The Bertz CT molecular complexity index is 399. The first-order chi connectivity index (χ1) is 6.56. The zero-order valence-corrected chi connectivity index (χ0v) is 7.22. The Morgan fingerprint density at radius 2 is 1.79 bits per heavy atom. The molecule has 0 spiro atoms. The average Bonchev–Trinajstić information content (AvgIpc) is 2.11. The second-order valence-electron chi connectivity index (χ2n) is 2.68. The number of carbonyl (C=O) groups excluding carboxylic acids is 1. The lowest BCUT2D eigenvalue weighted by atomic mass is 10.1. The fourth-order valence-corrected chi connectivity index (χ4v) is 1.01. The van der Waals surface area contributed by atoms with Gasteiger partial charge in [-0.1, -0.05) is 0 Å². The lowest BCUT2D eigenvalue weighted by molar-refractivity contribution is 0.486. The highest BCUT2D eigenvalue weighted by Gasteiger charge is 2.14. The van der Waals surface area contributed by atoms with Crippen molar-refractivity contribution in [2.75, 3.05) is 0 Å². The summed E-state index contributed by atoms with van der Waals surface area (Å²) < 4.78 is 38.2. The second-order valence-corrected chi connectivity index (χ2v) is 2.68. The molecule has 14 heavy (non-hydrogen) atoms. The van der Waals surface area contributed by atoms with E-state index in [1.807, 2.05) is 0 Å². The van der Waals surface area contributed by atoms with Gasteiger partial charge in [0.05, 0.1) is 6.04 Å². The van der Waals surface area contributed by atoms with Gasteiger partial charge in [0.15, 0.2) is 11.6 Å². The third-order valence-corrected chi connectivity index (χ3v) is 1.74. The summed E-state index contributed by atoms with van der Waals surface area (Å²) in [6.07, 6.45) is 1.22. The zero-order chi connectivity index (χ0) is 10.7. The van der Waals surface area contributed by atoms with Gasteiger partial charge in [-0.3, -0.25) is 0 Å². The molecule has 5 heteroatoms. The maximum absolute atomic E-state index is 13.0. The van der Waals surface area contributed by atoms with Crippen LogP contribution in [0.15, 0.2) is 17.1 Å². The molecule has 1 atom stereocenters. The van der Waals surface area contributed by atoms with E-state index in [0.29, 0.717) is 12.1 Å². The summed E-state index contributed by atoms with van der Waals surface area (Å²) in [4.78, 5) is 13.1. The van der Waals surface area contributed by atoms with E-state index in [2.05, 4.69) is 4.99 Å². The predicted octanol–water partition coefficient (Wildman–Crippen LogP) is 2.50. The van der Waals surface area contributed by atoms with Crippen molar-refractivity contribution < 1.29 is 18.0 Å². The van der Waals surface area contributed by atoms with Gasteiger partial charge in [0.1, 0.15) is 5.82 Å². The summed E-state index contributed by atoms with van der Waals surface area (Å²) in [5.74, 6) is -3.38. The molecule has 0 heterocycles. The highest BCUT2D eigenvalue weighted by atomic mass is 19.2. The van der Waals surface area contributed by atoms with Crippen LogP contribution in [0.3, 0.4) is 0 Å². The Hall–Kier alpha value is -1.61. The Balaban J connectivity index is 3.21. The number of halogens is 3. The van der Waals surface area contributed by atoms with Gasteiger partial charge in [0.2, 0.25) is 6.08 Å². The van der Waals surface area contributed by atoms with Crippen molar-refractivity contribution >= 4 is 6.08 Å². The van der Waals surface area contributed by atoms with Gasteiger partial charge in [-0.2, -0.15) is 4.99 Å². The monoisotopic (exact) mass is 201 g/mol. The van der Waals surface area contributed by atoms with Crippen molar-refractivity contribution in [1.29, 1.82) is 0 Å². The van der Waals surface area contributed by atoms with Crippen LogP contribution in [-0.4, -0.2) is 6.08 Å². The van der Waals surface area contributed by atoms with Gasteiger partial charge >= 0.3 is 0 Å². The van der Waals surface area contributed by atoms with E-state index in [9.17, 15) is 18.0 Å². The van der Waals surface area contributed by atoms with E-state index in [-0.39, 0.29) is 5.56 Å². The number of hydrogen-bond acceptors (Lipinski definition) is 2. The third kappa shape index (κ3) is 2.00. The number of benzene rings is 1. The van der Waals surface area contributed by atoms with Crippen molar-refractivity contribution in [2.45, 2.75) is 13.0 Å². The van der Waals surface area contributed by atoms with Crippen LogP contribution < -0.4 is 0 Å². The molecule has 1 unspecified atom stereocenters. The molecule has 0 bridgehead atoms. The van der Waals surface area contributed by atoms with Crippen LogP contribution in [-0.2, 0) is 4.79 Å². The van der Waals surface area contributed by atoms with Crippen LogP contribution >= 0.6 is 0 Å². The summed E-state index contributed by atoms with van der Waals surface area (Å²) in [7, 11) is 0. The normalized spacial score (nSPS) is 12.0. The van der Waals surface area contributed by atoms with Gasteiger partial charge in [-0.15, -0.1) is 0 Å². The third-order valence-electron chi connectivity index (χ3n) is 1.74. The number of isocyanates is 1. The molecule has 0 aromatic heterocycles. The molecule has 0 aliphatic rings. The number of aliphatic imine (C=N–C) groups is 1. The van der Waals surface area contributed by atoms with Crippen molar-refractivity contribution in [2.24, 2.45) is 4.99 Å². The van der Waals surface area contributed by atoms with E-state index >= 15 is 0 Å². The number of hydrogen-bond donors (Lipinski definition) is 0. The van der Waals surface area contributed by atoms with E-state index in [0.717, 1.165) is 0 Å². The Labute approximate surface area is 78.1 Å². The highest BCUT2D eigenvalue weighted by Crippen LogP contribution is 2.22. The molecular formula is C9H6F3NO. The summed E-state index contributed by atoms with van der Waals surface area (Å²) in [5.41, 5.74) is -0.174. The minimum Gasteiger partial charge on any atom is -0.211 e. The summed E-state index contributed by atoms with van der Waals surface area (Å²) in [5, 5.41) is 0. The minimum absolute atomic E-state index is 0.174. The van der Waals surface area contributed by atoms with Crippen LogP contribution in [0.2, 0.25) is 0 Å². The molecule has 0 saturated heterocycles. The standard InChI is InChI=1S/C9H6F3NO/c1-5(13-4-14)6-2-8(11)9(12)3-7(6)10/h2-3,5H,1H3. The minimum atomic E-state index is -1.27. The maximum Gasteiger partial charge on any atom is 0.235 e. The largest absolute Gasteiger partial charge is 0.235 e. The molecule has 74 valence electrons. The molecule has 1 aromatic rings. The van der Waals surface area contributed by atoms with Gasteiger partial charge < -0.3 is 0 Å². The van der Waals surface area contributed by atoms with E-state index < -0.39 is 23.5 Å². The summed E-state index contributed by atoms with van der Waals surface area (Å²) in [6, 6.07) is 0.222. The molecule has 0 aliphatic carbocycles. The first kappa shape index (κ1) is 10.5. The molecular weight excluding hydrogens is 195 g/mol. The zero-order valence-electron chi connectivity index (χ0n) is 7.22. The summed E-state index contributed by atoms with van der Waals surface area (Å²) >= 11 is 0. The molecule has 2 nitrogen and oxygen atoms in total. The molecule has 0 radical (unpaired) electrons. The Morgan fingerprint density at radius 1 is 1.21 bits per heavy atom. The smallest absolute Gasteiger partial charge is 0.211 e. The number of rotatable bonds is 2. The highest BCUT2D eigenvalue weighted by molar-refractivity contribution is 5.35. The van der Waals surface area contributed by atoms with Crippen LogP contribution in [0, 0.1) is 17.5 Å². The number of nitrogens with zero attached hydrogens (tertiary/aromatic N) is 1. The lowest BCUT2D eigenvalue weighted by Crippen LogP contribution is -1.98. The molecule has 0 amide bonds. The average molecular weight is 201 g/mol. The predicted molar refractivity (Wildman–Crippen MR) is 42.9 cm³/mol. The van der Waals surface area contributed by atoms with Crippen LogP contribution in [0.5, 0.6) is 0 Å². The fourth-order valence-electron chi connectivity index (χ4n) is 1.01. The van der Waals surface area contributed by atoms with Gasteiger partial charge in [0.25, 0.3) is 0 Å². The molecule has 0 fully saturated rings.